The Morgan fingerprint density at radius 1 is 0.756 bits per heavy atom. The second-order valence-corrected chi connectivity index (χ2v) is 15.7. The molecule has 254 valence electrons. The van der Waals surface area contributed by atoms with E-state index in [1.54, 1.807) is 4.90 Å². The zero-order valence-electron chi connectivity index (χ0n) is 28.5. The van der Waals surface area contributed by atoms with E-state index in [-0.39, 0.29) is 23.7 Å². The maximum Gasteiger partial charge on any atom is 0.316 e. The number of primary amides is 1. The van der Waals surface area contributed by atoms with E-state index in [9.17, 15) is 28.8 Å². The molecule has 0 aromatic rings. The number of carbonyl (C=O) groups is 6. The van der Waals surface area contributed by atoms with Crippen LogP contribution < -0.4 is 21.7 Å². The molecule has 2 aliphatic heterocycles. The number of rotatable bonds is 11. The molecule has 6 amide bonds. The van der Waals surface area contributed by atoms with Crippen molar-refractivity contribution in [1.29, 1.82) is 0 Å². The fraction of sp³-hybridized carbons (Fsp3) is 0.818. The van der Waals surface area contributed by atoms with Gasteiger partial charge < -0.3 is 31.5 Å². The van der Waals surface area contributed by atoms with E-state index in [0.29, 0.717) is 32.5 Å². The Kier molecular flexibility index (Phi) is 11.7. The number of piperidine rings is 1. The maximum absolute atomic E-state index is 14.3. The van der Waals surface area contributed by atoms with Crippen molar-refractivity contribution in [2.24, 2.45) is 34.3 Å². The van der Waals surface area contributed by atoms with E-state index in [1.807, 2.05) is 55.4 Å². The first-order valence-electron chi connectivity index (χ1n) is 16.6. The molecule has 5 atom stereocenters. The normalized spacial score (nSPS) is 22.8. The molecule has 0 radical (unpaired) electrons. The first-order valence-corrected chi connectivity index (χ1v) is 16.6. The number of hydrogen-bond donors (Lipinski definition) is 4. The SMILES string of the molecule is CC(C)[C@H]1CCN(C(=O)[C@@H](NC(=O)N[C@H](C(=O)N2CCCCC2)C(C)(C)C)C(C)(C)C)[C@@H]1C(=O)NC(CC1CC1)C(=O)C(N)=O. The summed E-state index contributed by atoms with van der Waals surface area (Å²) in [6, 6.07) is -4.38. The van der Waals surface area contributed by atoms with Crippen molar-refractivity contribution >= 4 is 35.4 Å². The summed E-state index contributed by atoms with van der Waals surface area (Å²) in [5, 5.41) is 8.47. The Hall–Kier alpha value is -3.18. The molecule has 12 heteroatoms. The second-order valence-electron chi connectivity index (χ2n) is 15.7. The van der Waals surface area contributed by atoms with Gasteiger partial charge in [-0.25, -0.2) is 4.79 Å². The average molecular weight is 633 g/mol. The van der Waals surface area contributed by atoms with Crippen LogP contribution in [0.3, 0.4) is 0 Å². The van der Waals surface area contributed by atoms with Crippen molar-refractivity contribution in [1.82, 2.24) is 25.8 Å². The molecule has 0 bridgehead atoms. The number of nitrogens with two attached hydrogens (primary N) is 1. The minimum Gasteiger partial charge on any atom is -0.363 e. The number of amides is 6. The molecule has 3 aliphatic rings. The molecule has 2 heterocycles. The van der Waals surface area contributed by atoms with Gasteiger partial charge in [0.25, 0.3) is 5.91 Å². The van der Waals surface area contributed by atoms with Crippen LogP contribution in [0.2, 0.25) is 0 Å². The first kappa shape index (κ1) is 36.3. The van der Waals surface area contributed by atoms with Gasteiger partial charge in [0.1, 0.15) is 18.1 Å². The van der Waals surface area contributed by atoms with E-state index in [2.05, 4.69) is 16.0 Å². The number of ketones is 1. The molecule has 3 rings (SSSR count). The average Bonchev–Trinajstić information content (AvgIpc) is 3.65. The monoisotopic (exact) mass is 632 g/mol. The molecular formula is C33H56N6O6. The smallest absolute Gasteiger partial charge is 0.316 e. The van der Waals surface area contributed by atoms with Gasteiger partial charge in [0, 0.05) is 19.6 Å². The van der Waals surface area contributed by atoms with Crippen molar-refractivity contribution in [3.63, 3.8) is 0 Å². The Balaban J connectivity index is 1.82. The second kappa shape index (κ2) is 14.5. The van der Waals surface area contributed by atoms with E-state index in [1.165, 1.54) is 4.90 Å². The van der Waals surface area contributed by atoms with Crippen LogP contribution in [0.25, 0.3) is 0 Å². The zero-order chi connectivity index (χ0) is 33.9. The van der Waals surface area contributed by atoms with Gasteiger partial charge in [-0.2, -0.15) is 0 Å². The highest BCUT2D eigenvalue weighted by Gasteiger charge is 2.48. The molecule has 5 N–H and O–H groups in total. The van der Waals surface area contributed by atoms with Crippen molar-refractivity contribution in [3.8, 4) is 0 Å². The van der Waals surface area contributed by atoms with Crippen molar-refractivity contribution < 1.29 is 28.8 Å². The van der Waals surface area contributed by atoms with Crippen molar-refractivity contribution in [3.05, 3.63) is 0 Å². The Labute approximate surface area is 268 Å². The standard InChI is InChI=1S/C33H56N6O6/c1-19(2)21-14-17-39(23(21)28(42)35-22(18-20-12-13-20)24(40)27(34)41)30(44)26(33(6,7)8)37-31(45)36-25(32(3,4)5)29(43)38-15-10-9-11-16-38/h19-23,25-26H,9-18H2,1-8H3,(H2,34,41)(H,35,42)(H2,36,37,45)/t21-,22?,23+,25-,26-/m1/s1. The van der Waals surface area contributed by atoms with E-state index >= 15 is 0 Å². The van der Waals surface area contributed by atoms with Crippen LogP contribution in [-0.2, 0) is 24.0 Å². The lowest BCUT2D eigenvalue weighted by Gasteiger charge is -2.39. The third kappa shape index (κ3) is 9.42. The molecule has 1 aliphatic carbocycles. The number of Topliss-reactive ketones (excluding diaryl/α,β-unsaturated/α-hetero) is 1. The molecule has 0 aromatic heterocycles. The lowest BCUT2D eigenvalue weighted by molar-refractivity contribution is -0.144. The topological polar surface area (TPSA) is 171 Å². The molecule has 1 unspecified atom stereocenters. The highest BCUT2D eigenvalue weighted by Crippen LogP contribution is 2.36. The summed E-state index contributed by atoms with van der Waals surface area (Å²) >= 11 is 0. The van der Waals surface area contributed by atoms with Crippen LogP contribution in [0.15, 0.2) is 0 Å². The Morgan fingerprint density at radius 3 is 1.76 bits per heavy atom. The van der Waals surface area contributed by atoms with Crippen molar-refractivity contribution in [2.45, 2.75) is 125 Å². The van der Waals surface area contributed by atoms with Crippen LogP contribution in [0, 0.1) is 28.6 Å². The van der Waals surface area contributed by atoms with Gasteiger partial charge in [0.05, 0.1) is 6.04 Å². The molecule has 12 nitrogen and oxygen atoms in total. The van der Waals surface area contributed by atoms with Gasteiger partial charge in [-0.3, -0.25) is 24.0 Å². The van der Waals surface area contributed by atoms with Crippen LogP contribution >= 0.6 is 0 Å². The predicted molar refractivity (Wildman–Crippen MR) is 171 cm³/mol. The number of nitrogens with one attached hydrogen (secondary N) is 3. The van der Waals surface area contributed by atoms with Crippen LogP contribution in [0.1, 0.15) is 100 Å². The van der Waals surface area contributed by atoms with Gasteiger partial charge in [-0.05, 0) is 60.7 Å². The molecule has 3 fully saturated rings. The van der Waals surface area contributed by atoms with Crippen LogP contribution in [0.4, 0.5) is 4.79 Å². The number of hydrogen-bond acceptors (Lipinski definition) is 6. The summed E-state index contributed by atoms with van der Waals surface area (Å²) in [6.45, 7) is 16.7. The summed E-state index contributed by atoms with van der Waals surface area (Å²) in [6.07, 6.45) is 5.66. The highest BCUT2D eigenvalue weighted by atomic mass is 16.2. The molecular weight excluding hydrogens is 576 g/mol. The van der Waals surface area contributed by atoms with Crippen LogP contribution in [-0.4, -0.2) is 89.0 Å². The molecule has 45 heavy (non-hydrogen) atoms. The molecule has 2 saturated heterocycles. The summed E-state index contributed by atoms with van der Waals surface area (Å²) < 4.78 is 0. The number of urea groups is 1. The first-order chi connectivity index (χ1) is 20.8. The fourth-order valence-electron chi connectivity index (χ4n) is 6.51. The summed E-state index contributed by atoms with van der Waals surface area (Å²) in [7, 11) is 0. The summed E-state index contributed by atoms with van der Waals surface area (Å²) in [5.74, 6) is -2.91. The number of likely N-dealkylation sites (tertiary alicyclic amines) is 2. The zero-order valence-corrected chi connectivity index (χ0v) is 28.5. The third-order valence-electron chi connectivity index (χ3n) is 9.44. The summed E-state index contributed by atoms with van der Waals surface area (Å²) in [4.78, 5) is 82.8. The fourth-order valence-corrected chi connectivity index (χ4v) is 6.51. The minimum absolute atomic E-state index is 0.0463. The van der Waals surface area contributed by atoms with Crippen molar-refractivity contribution in [2.75, 3.05) is 19.6 Å². The molecule has 0 aromatic carbocycles. The quantitative estimate of drug-likeness (QED) is 0.255. The molecule has 0 spiro atoms. The van der Waals surface area contributed by atoms with Crippen LogP contribution in [0.5, 0.6) is 0 Å². The van der Waals surface area contributed by atoms with E-state index in [0.717, 1.165) is 32.1 Å². The third-order valence-corrected chi connectivity index (χ3v) is 9.44. The minimum atomic E-state index is -1.10. The summed E-state index contributed by atoms with van der Waals surface area (Å²) in [5.41, 5.74) is 3.98. The molecule has 1 saturated carbocycles. The highest BCUT2D eigenvalue weighted by molar-refractivity contribution is 6.37. The number of carbonyl (C=O) groups excluding carboxylic acids is 6. The van der Waals surface area contributed by atoms with Gasteiger partial charge in [0.15, 0.2) is 0 Å². The van der Waals surface area contributed by atoms with Gasteiger partial charge in [-0.1, -0.05) is 68.2 Å². The predicted octanol–water partition coefficient (Wildman–Crippen LogP) is 2.34. The van der Waals surface area contributed by atoms with Gasteiger partial charge >= 0.3 is 6.03 Å². The maximum atomic E-state index is 14.3. The Morgan fingerprint density at radius 2 is 1.29 bits per heavy atom. The Bertz CT molecular complexity index is 1130. The largest absolute Gasteiger partial charge is 0.363 e. The lowest BCUT2D eigenvalue weighted by atomic mass is 9.84. The van der Waals surface area contributed by atoms with E-state index in [4.69, 9.17) is 5.73 Å². The van der Waals surface area contributed by atoms with Gasteiger partial charge in [-0.15, -0.1) is 0 Å². The lowest BCUT2D eigenvalue weighted by Crippen LogP contribution is -2.63. The van der Waals surface area contributed by atoms with E-state index < -0.39 is 64.5 Å². The number of nitrogens with zero attached hydrogens (tertiary/aromatic N) is 2. The van der Waals surface area contributed by atoms with Gasteiger partial charge in [0.2, 0.25) is 23.5 Å².